The minimum atomic E-state index is -1.20. The standard InChI is InChI=1S/C21H21F2NO3/c1-12(2)24(21(26)27)11-19(25)20-15-5-3-7-17(22)13(15)9-10-14-16(20)6-4-8-18(14)23/h3-8,12,20H,9-11H2,1-2H3,(H,26,27). The lowest BCUT2D eigenvalue weighted by atomic mass is 9.84. The SMILES string of the molecule is CC(C)N(CC(=O)C1c2cccc(F)c2CCc2c(F)cccc21)C(=O)O. The van der Waals surface area contributed by atoms with Crippen molar-refractivity contribution in [2.45, 2.75) is 38.6 Å². The highest BCUT2D eigenvalue weighted by Gasteiger charge is 2.33. The summed E-state index contributed by atoms with van der Waals surface area (Å²) in [5, 5.41) is 9.38. The van der Waals surface area contributed by atoms with Crippen LogP contribution in [0.4, 0.5) is 13.6 Å². The molecule has 0 spiro atoms. The van der Waals surface area contributed by atoms with Gasteiger partial charge >= 0.3 is 6.09 Å². The van der Waals surface area contributed by atoms with Gasteiger partial charge in [0.25, 0.3) is 0 Å². The number of halogens is 2. The summed E-state index contributed by atoms with van der Waals surface area (Å²) in [6, 6.07) is 8.64. The minimum Gasteiger partial charge on any atom is -0.465 e. The number of carboxylic acid groups (broad SMARTS) is 1. The van der Waals surface area contributed by atoms with Crippen molar-refractivity contribution in [1.82, 2.24) is 4.90 Å². The Morgan fingerprint density at radius 1 is 1.04 bits per heavy atom. The Kier molecular flexibility index (Phi) is 5.26. The van der Waals surface area contributed by atoms with E-state index in [0.29, 0.717) is 22.3 Å². The summed E-state index contributed by atoms with van der Waals surface area (Å²) in [6.07, 6.45) is -0.634. The Bertz CT molecular complexity index is 841. The molecule has 1 aliphatic carbocycles. The van der Waals surface area contributed by atoms with Gasteiger partial charge in [-0.2, -0.15) is 0 Å². The van der Waals surface area contributed by atoms with E-state index in [9.17, 15) is 23.5 Å². The monoisotopic (exact) mass is 373 g/mol. The minimum absolute atomic E-state index is 0.284. The van der Waals surface area contributed by atoms with Crippen LogP contribution in [0.25, 0.3) is 0 Å². The second kappa shape index (κ2) is 7.47. The molecule has 0 atom stereocenters. The van der Waals surface area contributed by atoms with E-state index in [1.807, 2.05) is 0 Å². The number of rotatable bonds is 4. The molecular formula is C21H21F2NO3. The Balaban J connectivity index is 2.13. The van der Waals surface area contributed by atoms with Crippen LogP contribution in [0.5, 0.6) is 0 Å². The second-order valence-electron chi connectivity index (χ2n) is 7.02. The highest BCUT2D eigenvalue weighted by Crippen LogP contribution is 2.37. The molecule has 0 fully saturated rings. The van der Waals surface area contributed by atoms with Crippen LogP contribution in [0.15, 0.2) is 36.4 Å². The van der Waals surface area contributed by atoms with E-state index in [-0.39, 0.29) is 19.4 Å². The summed E-state index contributed by atoms with van der Waals surface area (Å²) in [5.41, 5.74) is 1.74. The summed E-state index contributed by atoms with van der Waals surface area (Å²) in [5.74, 6) is -2.16. The molecule has 0 aromatic heterocycles. The Morgan fingerprint density at radius 3 is 1.93 bits per heavy atom. The summed E-state index contributed by atoms with van der Waals surface area (Å²) < 4.78 is 28.8. The normalized spacial score (nSPS) is 13.7. The van der Waals surface area contributed by atoms with Crippen LogP contribution in [0.2, 0.25) is 0 Å². The molecule has 2 aromatic carbocycles. The molecule has 0 bridgehead atoms. The first kappa shape index (κ1) is 19.0. The van der Waals surface area contributed by atoms with Crippen LogP contribution in [-0.2, 0) is 17.6 Å². The van der Waals surface area contributed by atoms with E-state index in [4.69, 9.17) is 0 Å². The zero-order chi connectivity index (χ0) is 19.7. The lowest BCUT2D eigenvalue weighted by Crippen LogP contribution is -2.41. The molecule has 3 rings (SSSR count). The first-order valence-electron chi connectivity index (χ1n) is 8.88. The zero-order valence-corrected chi connectivity index (χ0v) is 15.2. The number of hydrogen-bond donors (Lipinski definition) is 1. The predicted molar refractivity (Wildman–Crippen MR) is 96.9 cm³/mol. The van der Waals surface area contributed by atoms with E-state index in [0.717, 1.165) is 4.90 Å². The van der Waals surface area contributed by atoms with Crippen molar-refractivity contribution in [3.63, 3.8) is 0 Å². The number of benzene rings is 2. The van der Waals surface area contributed by atoms with Crippen molar-refractivity contribution in [3.05, 3.63) is 70.3 Å². The number of hydrogen-bond acceptors (Lipinski definition) is 2. The van der Waals surface area contributed by atoms with E-state index in [2.05, 4.69) is 0 Å². The van der Waals surface area contributed by atoms with E-state index in [1.54, 1.807) is 26.0 Å². The van der Waals surface area contributed by atoms with Crippen molar-refractivity contribution in [3.8, 4) is 0 Å². The first-order chi connectivity index (χ1) is 12.8. The number of carbonyl (C=O) groups is 2. The lowest BCUT2D eigenvalue weighted by Gasteiger charge is -2.26. The van der Waals surface area contributed by atoms with Gasteiger partial charge < -0.3 is 5.11 Å². The van der Waals surface area contributed by atoms with Gasteiger partial charge in [0.05, 0.1) is 12.5 Å². The number of carbonyl (C=O) groups excluding carboxylic acids is 1. The fourth-order valence-electron chi connectivity index (χ4n) is 3.71. The average Bonchev–Trinajstić information content (AvgIpc) is 2.77. The molecule has 0 saturated carbocycles. The maximum atomic E-state index is 14.4. The first-order valence-corrected chi connectivity index (χ1v) is 8.88. The summed E-state index contributed by atoms with van der Waals surface area (Å²) >= 11 is 0. The van der Waals surface area contributed by atoms with Gasteiger partial charge in [0, 0.05) is 6.04 Å². The quantitative estimate of drug-likeness (QED) is 0.876. The van der Waals surface area contributed by atoms with E-state index >= 15 is 0 Å². The fraction of sp³-hybridized carbons (Fsp3) is 0.333. The fourth-order valence-corrected chi connectivity index (χ4v) is 3.71. The molecular weight excluding hydrogens is 352 g/mol. The Morgan fingerprint density at radius 2 is 1.52 bits per heavy atom. The molecule has 4 nitrogen and oxygen atoms in total. The second-order valence-corrected chi connectivity index (χ2v) is 7.02. The molecule has 0 radical (unpaired) electrons. The van der Waals surface area contributed by atoms with Crippen LogP contribution in [-0.4, -0.2) is 34.5 Å². The highest BCUT2D eigenvalue weighted by molar-refractivity contribution is 5.93. The lowest BCUT2D eigenvalue weighted by molar-refractivity contribution is -0.120. The summed E-state index contributed by atoms with van der Waals surface area (Å²) in [6.45, 7) is 3.01. The highest BCUT2D eigenvalue weighted by atomic mass is 19.1. The van der Waals surface area contributed by atoms with Gasteiger partial charge in [-0.25, -0.2) is 13.6 Å². The molecule has 0 saturated heterocycles. The summed E-state index contributed by atoms with van der Waals surface area (Å²) in [7, 11) is 0. The molecule has 1 aliphatic rings. The van der Waals surface area contributed by atoms with E-state index in [1.165, 1.54) is 24.3 Å². The molecule has 0 unspecified atom stereocenters. The van der Waals surface area contributed by atoms with Gasteiger partial charge in [-0.15, -0.1) is 0 Å². The molecule has 1 N–H and O–H groups in total. The smallest absolute Gasteiger partial charge is 0.407 e. The van der Waals surface area contributed by atoms with Gasteiger partial charge in [-0.1, -0.05) is 24.3 Å². The van der Waals surface area contributed by atoms with Crippen molar-refractivity contribution in [1.29, 1.82) is 0 Å². The third-order valence-electron chi connectivity index (χ3n) is 5.07. The van der Waals surface area contributed by atoms with Gasteiger partial charge in [-0.05, 0) is 61.1 Å². The average molecular weight is 373 g/mol. The van der Waals surface area contributed by atoms with Gasteiger partial charge in [0.2, 0.25) is 0 Å². The number of Topliss-reactive ketones (excluding diaryl/α,β-unsaturated/α-hetero) is 1. The topological polar surface area (TPSA) is 57.6 Å². The van der Waals surface area contributed by atoms with Crippen LogP contribution >= 0.6 is 0 Å². The number of amides is 1. The molecule has 0 heterocycles. The Labute approximate surface area is 156 Å². The largest absolute Gasteiger partial charge is 0.465 e. The van der Waals surface area contributed by atoms with Crippen molar-refractivity contribution >= 4 is 11.9 Å². The van der Waals surface area contributed by atoms with Crippen molar-refractivity contribution in [2.24, 2.45) is 0 Å². The van der Waals surface area contributed by atoms with Crippen LogP contribution in [0, 0.1) is 11.6 Å². The maximum Gasteiger partial charge on any atom is 0.407 e. The van der Waals surface area contributed by atoms with E-state index < -0.39 is 35.5 Å². The van der Waals surface area contributed by atoms with Crippen molar-refractivity contribution < 1.29 is 23.5 Å². The molecule has 6 heteroatoms. The Hall–Kier alpha value is -2.76. The molecule has 0 aliphatic heterocycles. The molecule has 27 heavy (non-hydrogen) atoms. The molecule has 2 aromatic rings. The van der Waals surface area contributed by atoms with Gasteiger partial charge in [0.15, 0.2) is 5.78 Å². The van der Waals surface area contributed by atoms with Crippen LogP contribution in [0.1, 0.15) is 42.0 Å². The van der Waals surface area contributed by atoms with Crippen LogP contribution in [0.3, 0.4) is 0 Å². The number of fused-ring (bicyclic) bond motifs is 2. The third kappa shape index (κ3) is 3.56. The molecule has 142 valence electrons. The molecule has 1 amide bonds. The zero-order valence-electron chi connectivity index (χ0n) is 15.2. The number of nitrogens with zero attached hydrogens (tertiary/aromatic N) is 1. The van der Waals surface area contributed by atoms with Gasteiger partial charge in [-0.3, -0.25) is 9.69 Å². The van der Waals surface area contributed by atoms with Crippen molar-refractivity contribution in [2.75, 3.05) is 6.54 Å². The predicted octanol–water partition coefficient (Wildman–Crippen LogP) is 4.15. The maximum absolute atomic E-state index is 14.4. The third-order valence-corrected chi connectivity index (χ3v) is 5.07. The van der Waals surface area contributed by atoms with Gasteiger partial charge in [0.1, 0.15) is 11.6 Å². The number of ketones is 1. The van der Waals surface area contributed by atoms with Crippen LogP contribution < -0.4 is 0 Å². The summed E-state index contributed by atoms with van der Waals surface area (Å²) in [4.78, 5) is 25.7.